The van der Waals surface area contributed by atoms with E-state index in [0.717, 1.165) is 11.4 Å². The van der Waals surface area contributed by atoms with E-state index >= 15 is 0 Å². The summed E-state index contributed by atoms with van der Waals surface area (Å²) in [5, 5.41) is 7.27. The number of aromatic nitrogens is 4. The summed E-state index contributed by atoms with van der Waals surface area (Å²) in [4.78, 5) is 20.3. The van der Waals surface area contributed by atoms with E-state index in [1.807, 2.05) is 42.6 Å². The Hall–Kier alpha value is -3.22. The van der Waals surface area contributed by atoms with Gasteiger partial charge in [0.15, 0.2) is 6.10 Å². The molecule has 1 amide bonds. The second-order valence-electron chi connectivity index (χ2n) is 5.42. The zero-order valence-corrected chi connectivity index (χ0v) is 13.9. The van der Waals surface area contributed by atoms with Gasteiger partial charge in [0.2, 0.25) is 0 Å². The highest BCUT2D eigenvalue weighted by Crippen LogP contribution is 2.12. The normalized spacial score (nSPS) is 11.7. The Morgan fingerprint density at radius 2 is 2.04 bits per heavy atom. The Bertz CT molecular complexity index is 805. The Kier molecular flexibility index (Phi) is 5.36. The van der Waals surface area contributed by atoms with Crippen molar-refractivity contribution in [3.05, 3.63) is 61.2 Å². The molecule has 1 N–H and O–H groups in total. The topological polar surface area (TPSA) is 81.9 Å². The molecule has 1 atom stereocenters. The van der Waals surface area contributed by atoms with Gasteiger partial charge in [-0.25, -0.2) is 0 Å². The fourth-order valence-corrected chi connectivity index (χ4v) is 2.25. The predicted octanol–water partition coefficient (Wildman–Crippen LogP) is 1.92. The first-order valence-corrected chi connectivity index (χ1v) is 8.01. The van der Waals surface area contributed by atoms with Crippen molar-refractivity contribution in [3.63, 3.8) is 0 Å². The van der Waals surface area contributed by atoms with Crippen LogP contribution in [0.3, 0.4) is 0 Å². The number of ether oxygens (including phenoxy) is 1. The van der Waals surface area contributed by atoms with Crippen LogP contribution in [0.5, 0.6) is 5.75 Å². The first-order valence-electron chi connectivity index (χ1n) is 8.01. The van der Waals surface area contributed by atoms with Crippen molar-refractivity contribution in [2.45, 2.75) is 19.6 Å². The third-order valence-electron chi connectivity index (χ3n) is 3.53. The molecule has 0 radical (unpaired) electrons. The van der Waals surface area contributed by atoms with Crippen LogP contribution >= 0.6 is 0 Å². The summed E-state index contributed by atoms with van der Waals surface area (Å²) in [6, 6.07) is 11.1. The molecule has 0 fully saturated rings. The first kappa shape index (κ1) is 16.6. The average molecular weight is 337 g/mol. The Morgan fingerprint density at radius 3 is 2.80 bits per heavy atom. The summed E-state index contributed by atoms with van der Waals surface area (Å²) in [5.41, 5.74) is 1.47. The molecule has 0 bridgehead atoms. The summed E-state index contributed by atoms with van der Waals surface area (Å²) in [6.45, 7) is 2.75. The summed E-state index contributed by atoms with van der Waals surface area (Å²) in [6.07, 6.45) is 6.20. The van der Waals surface area contributed by atoms with Crippen LogP contribution in [0.15, 0.2) is 61.2 Å². The maximum absolute atomic E-state index is 12.1. The molecule has 0 spiro atoms. The molecule has 3 rings (SSSR count). The van der Waals surface area contributed by atoms with E-state index in [1.165, 1.54) is 0 Å². The van der Waals surface area contributed by atoms with E-state index in [1.54, 1.807) is 30.2 Å². The molecule has 1 aromatic carbocycles. The van der Waals surface area contributed by atoms with Gasteiger partial charge in [-0.2, -0.15) is 5.10 Å². The van der Waals surface area contributed by atoms with Gasteiger partial charge in [0.05, 0.1) is 12.7 Å². The lowest BCUT2D eigenvalue weighted by atomic mass is 10.3. The molecule has 7 heteroatoms. The molecule has 25 heavy (non-hydrogen) atoms. The smallest absolute Gasteiger partial charge is 0.260 e. The van der Waals surface area contributed by atoms with Crippen LogP contribution in [0.4, 0.5) is 0 Å². The van der Waals surface area contributed by atoms with Crippen LogP contribution in [0.2, 0.25) is 0 Å². The minimum atomic E-state index is -0.560. The molecular weight excluding hydrogens is 318 g/mol. The van der Waals surface area contributed by atoms with Crippen molar-refractivity contribution >= 4 is 5.91 Å². The molecule has 3 aromatic rings. The van der Waals surface area contributed by atoms with Crippen molar-refractivity contribution < 1.29 is 9.53 Å². The van der Waals surface area contributed by atoms with E-state index in [2.05, 4.69) is 20.4 Å². The van der Waals surface area contributed by atoms with Crippen LogP contribution in [-0.2, 0) is 11.3 Å². The number of rotatable bonds is 7. The number of hydrogen-bond acceptors (Lipinski definition) is 5. The molecular formula is C18H19N5O2. The van der Waals surface area contributed by atoms with E-state index in [-0.39, 0.29) is 5.91 Å². The Morgan fingerprint density at radius 1 is 1.20 bits per heavy atom. The van der Waals surface area contributed by atoms with Gasteiger partial charge in [0.25, 0.3) is 5.91 Å². The van der Waals surface area contributed by atoms with Gasteiger partial charge in [-0.05, 0) is 25.1 Å². The molecule has 2 heterocycles. The van der Waals surface area contributed by atoms with E-state index in [9.17, 15) is 4.79 Å². The van der Waals surface area contributed by atoms with Crippen LogP contribution in [0, 0.1) is 0 Å². The van der Waals surface area contributed by atoms with E-state index in [0.29, 0.717) is 18.8 Å². The highest BCUT2D eigenvalue weighted by molar-refractivity contribution is 5.80. The lowest BCUT2D eigenvalue weighted by molar-refractivity contribution is -0.127. The third-order valence-corrected chi connectivity index (χ3v) is 3.53. The fraction of sp³-hybridized carbons (Fsp3) is 0.222. The Balaban J connectivity index is 1.46. The molecule has 0 unspecified atom stereocenters. The maximum Gasteiger partial charge on any atom is 0.260 e. The van der Waals surface area contributed by atoms with Crippen LogP contribution in [0.25, 0.3) is 11.4 Å². The molecule has 0 aliphatic heterocycles. The van der Waals surface area contributed by atoms with Crippen molar-refractivity contribution in [3.8, 4) is 17.1 Å². The van der Waals surface area contributed by atoms with Gasteiger partial charge in [-0.3, -0.25) is 19.4 Å². The number of benzene rings is 1. The zero-order valence-electron chi connectivity index (χ0n) is 13.9. The number of para-hydroxylation sites is 1. The van der Waals surface area contributed by atoms with E-state index < -0.39 is 6.10 Å². The molecule has 0 aliphatic rings. The number of nitrogens with zero attached hydrogens (tertiary/aromatic N) is 4. The highest BCUT2D eigenvalue weighted by atomic mass is 16.5. The fourth-order valence-electron chi connectivity index (χ4n) is 2.25. The molecule has 128 valence electrons. The van der Waals surface area contributed by atoms with Gasteiger partial charge >= 0.3 is 0 Å². The van der Waals surface area contributed by atoms with Crippen LogP contribution in [0.1, 0.15) is 6.92 Å². The monoisotopic (exact) mass is 337 g/mol. The standard InChI is InChI=1S/C18H19N5O2/c1-14(25-15-5-3-2-4-6-15)18(24)21-10-12-23-11-7-16(22-23)17-13-19-8-9-20-17/h2-9,11,13-14H,10,12H2,1H3,(H,21,24)/t14-/m1/s1. The predicted molar refractivity (Wildman–Crippen MR) is 92.8 cm³/mol. The maximum atomic E-state index is 12.1. The number of carbonyl (C=O) groups excluding carboxylic acids is 1. The van der Waals surface area contributed by atoms with Crippen LogP contribution < -0.4 is 10.1 Å². The minimum Gasteiger partial charge on any atom is -0.481 e. The van der Waals surface area contributed by atoms with Gasteiger partial charge in [0, 0.05) is 25.1 Å². The quantitative estimate of drug-likeness (QED) is 0.712. The van der Waals surface area contributed by atoms with Crippen molar-refractivity contribution in [1.82, 2.24) is 25.1 Å². The summed E-state index contributed by atoms with van der Waals surface area (Å²) in [7, 11) is 0. The second-order valence-corrected chi connectivity index (χ2v) is 5.42. The molecule has 7 nitrogen and oxygen atoms in total. The van der Waals surface area contributed by atoms with Gasteiger partial charge < -0.3 is 10.1 Å². The lowest BCUT2D eigenvalue weighted by Gasteiger charge is -2.14. The van der Waals surface area contributed by atoms with Crippen LogP contribution in [-0.4, -0.2) is 38.3 Å². The number of hydrogen-bond donors (Lipinski definition) is 1. The number of nitrogens with one attached hydrogen (secondary N) is 1. The number of carbonyl (C=O) groups is 1. The SMILES string of the molecule is C[C@@H](Oc1ccccc1)C(=O)NCCn1ccc(-c2cnccn2)n1. The lowest BCUT2D eigenvalue weighted by Crippen LogP contribution is -2.37. The molecule has 0 saturated heterocycles. The molecule has 2 aromatic heterocycles. The van der Waals surface area contributed by atoms with Gasteiger partial charge in [0.1, 0.15) is 17.1 Å². The van der Waals surface area contributed by atoms with Gasteiger partial charge in [-0.15, -0.1) is 0 Å². The zero-order chi connectivity index (χ0) is 17.5. The minimum absolute atomic E-state index is 0.162. The summed E-state index contributed by atoms with van der Waals surface area (Å²) >= 11 is 0. The largest absolute Gasteiger partial charge is 0.481 e. The average Bonchev–Trinajstić information content (AvgIpc) is 3.12. The first-order chi connectivity index (χ1) is 12.2. The van der Waals surface area contributed by atoms with Crippen molar-refractivity contribution in [1.29, 1.82) is 0 Å². The molecule has 0 saturated carbocycles. The summed E-state index contributed by atoms with van der Waals surface area (Å²) in [5.74, 6) is 0.510. The highest BCUT2D eigenvalue weighted by Gasteiger charge is 2.14. The van der Waals surface area contributed by atoms with E-state index in [4.69, 9.17) is 4.74 Å². The third kappa shape index (κ3) is 4.63. The Labute approximate surface area is 145 Å². The van der Waals surface area contributed by atoms with Crippen molar-refractivity contribution in [2.75, 3.05) is 6.54 Å². The summed E-state index contributed by atoms with van der Waals surface area (Å²) < 4.78 is 7.35. The van der Waals surface area contributed by atoms with Crippen molar-refractivity contribution in [2.24, 2.45) is 0 Å². The number of amides is 1. The molecule has 0 aliphatic carbocycles. The second kappa shape index (κ2) is 8.05. The van der Waals surface area contributed by atoms with Gasteiger partial charge in [-0.1, -0.05) is 18.2 Å².